The third-order valence-electron chi connectivity index (χ3n) is 1.30. The zero-order valence-electron chi connectivity index (χ0n) is 7.24. The summed E-state index contributed by atoms with van der Waals surface area (Å²) >= 11 is -7.62. The van der Waals surface area contributed by atoms with Gasteiger partial charge in [-0.05, 0) is 0 Å². The van der Waals surface area contributed by atoms with E-state index in [2.05, 4.69) is 0 Å². The van der Waals surface area contributed by atoms with Gasteiger partial charge in [0.05, 0.1) is 0 Å². The Hall–Kier alpha value is 3.26. The van der Waals surface area contributed by atoms with E-state index in [9.17, 15) is 0 Å². The van der Waals surface area contributed by atoms with Gasteiger partial charge in [-0.1, -0.05) is 0 Å². The molecule has 0 aliphatic rings. The quantitative estimate of drug-likeness (QED) is 0.492. The summed E-state index contributed by atoms with van der Waals surface area (Å²) in [5.74, 6) is 0. The molecule has 10 heteroatoms. The van der Waals surface area contributed by atoms with E-state index in [0.717, 1.165) is 0 Å². The van der Waals surface area contributed by atoms with Crippen LogP contribution in [0, 0.1) is 0 Å². The minimum absolute atomic E-state index is 0.384. The van der Waals surface area contributed by atoms with Crippen molar-refractivity contribution in [3.63, 3.8) is 0 Å². The standard InChI is InChI=1S/C4H8O2.6ClH.2Sn/c1-3(5)4(2)6;;;;;;;;/h3-4H,1-2H3;6*1H;;/q-2;;;;;;;2*+4/p-6. The molecule has 86 valence electrons. The van der Waals surface area contributed by atoms with Crippen LogP contribution in [0.15, 0.2) is 0 Å². The molecule has 0 N–H and O–H groups in total. The summed E-state index contributed by atoms with van der Waals surface area (Å²) < 4.78 is 10.4. The van der Waals surface area contributed by atoms with Crippen molar-refractivity contribution in [3.05, 3.63) is 0 Å². The molecule has 0 heterocycles. The summed E-state index contributed by atoms with van der Waals surface area (Å²) in [6.07, 6.45) is -0.767. The van der Waals surface area contributed by atoms with Gasteiger partial charge in [-0.25, -0.2) is 0 Å². The van der Waals surface area contributed by atoms with Crippen LogP contribution >= 0.6 is 53.5 Å². The predicted molar refractivity (Wildman–Crippen MR) is 67.7 cm³/mol. The molecule has 0 saturated heterocycles. The van der Waals surface area contributed by atoms with Gasteiger partial charge in [0.15, 0.2) is 0 Å². The van der Waals surface area contributed by atoms with E-state index in [0.29, 0.717) is 0 Å². The molecular weight excluding hydrogens is 530 g/mol. The molecule has 0 bridgehead atoms. The Morgan fingerprint density at radius 1 is 0.714 bits per heavy atom. The van der Waals surface area contributed by atoms with Crippen molar-refractivity contribution in [2.75, 3.05) is 0 Å². The summed E-state index contributed by atoms with van der Waals surface area (Å²) in [7, 11) is 33.7. The third-order valence-corrected chi connectivity index (χ3v) is 8.53. The van der Waals surface area contributed by atoms with Crippen molar-refractivity contribution in [2.24, 2.45) is 0 Å². The number of hydrogen-bond donors (Lipinski definition) is 0. The number of halogens is 6. The molecular formula is C4H8Cl6O2Sn2. The molecule has 0 aliphatic heterocycles. The van der Waals surface area contributed by atoms with Crippen LogP contribution < -0.4 is 0 Å². The number of rotatable bonds is 5. The molecule has 0 saturated carbocycles. The molecule has 2 unspecified atom stereocenters. The molecule has 0 radical (unpaired) electrons. The summed E-state index contributed by atoms with van der Waals surface area (Å²) in [5.41, 5.74) is 0. The van der Waals surface area contributed by atoms with Gasteiger partial charge in [-0.3, -0.25) is 0 Å². The van der Waals surface area contributed by atoms with E-state index in [-0.39, 0.29) is 12.2 Å². The van der Waals surface area contributed by atoms with E-state index >= 15 is 0 Å². The van der Waals surface area contributed by atoms with Gasteiger partial charge >= 0.3 is 117 Å². The van der Waals surface area contributed by atoms with Crippen LogP contribution in [0.2, 0.25) is 0 Å². The summed E-state index contributed by atoms with van der Waals surface area (Å²) in [5, 5.41) is 0. The first-order chi connectivity index (χ1) is 6.01. The van der Waals surface area contributed by atoms with Crippen LogP contribution in [-0.4, -0.2) is 43.0 Å². The fraction of sp³-hybridized carbons (Fsp3) is 1.00. The molecule has 2 nitrogen and oxygen atoms in total. The molecule has 0 spiro atoms. The van der Waals surface area contributed by atoms with Gasteiger partial charge in [0.25, 0.3) is 0 Å². The third kappa shape index (κ3) is 10.4. The van der Waals surface area contributed by atoms with Gasteiger partial charge in [-0.2, -0.15) is 0 Å². The Morgan fingerprint density at radius 2 is 0.929 bits per heavy atom. The second kappa shape index (κ2) is 7.00. The van der Waals surface area contributed by atoms with Crippen LogP contribution in [0.4, 0.5) is 0 Å². The molecule has 0 aromatic rings. The van der Waals surface area contributed by atoms with E-state index in [4.69, 9.17) is 59.7 Å². The van der Waals surface area contributed by atoms with Crippen molar-refractivity contribution >= 4 is 84.3 Å². The molecule has 0 fully saturated rings. The molecule has 0 rings (SSSR count). The van der Waals surface area contributed by atoms with Crippen molar-refractivity contribution < 1.29 is 6.15 Å². The van der Waals surface area contributed by atoms with Gasteiger partial charge in [0.2, 0.25) is 0 Å². The second-order valence-electron chi connectivity index (χ2n) is 2.54. The maximum absolute atomic E-state index is 5.62. The Kier molecular flexibility index (Phi) is 8.62. The summed E-state index contributed by atoms with van der Waals surface area (Å²) in [6.45, 7) is 3.43. The van der Waals surface area contributed by atoms with Crippen LogP contribution in [0.1, 0.15) is 13.8 Å². The fourth-order valence-corrected chi connectivity index (χ4v) is 9.77. The normalized spacial score (nSPS) is 18.0. The van der Waals surface area contributed by atoms with Crippen LogP contribution in [0.5, 0.6) is 0 Å². The Balaban J connectivity index is 4.07. The molecule has 0 aromatic heterocycles. The first-order valence-corrected chi connectivity index (χ1v) is 27.5. The maximum atomic E-state index is 5.62. The SMILES string of the molecule is CC([O][Sn]([Cl])([Cl])[Cl])C(C)[O][Sn]([Cl])([Cl])[Cl]. The molecule has 2 atom stereocenters. The van der Waals surface area contributed by atoms with E-state index < -0.39 is 30.8 Å². The Morgan fingerprint density at radius 3 is 1.07 bits per heavy atom. The number of hydrogen-bond acceptors (Lipinski definition) is 2. The molecule has 0 aliphatic carbocycles. The monoisotopic (exact) mass is 538 g/mol. The van der Waals surface area contributed by atoms with Crippen LogP contribution in [0.25, 0.3) is 0 Å². The van der Waals surface area contributed by atoms with Crippen molar-refractivity contribution in [1.29, 1.82) is 0 Å². The van der Waals surface area contributed by atoms with Crippen molar-refractivity contribution in [2.45, 2.75) is 26.1 Å². The van der Waals surface area contributed by atoms with E-state index in [1.54, 1.807) is 13.8 Å². The second-order valence-corrected chi connectivity index (χ2v) is 38.2. The van der Waals surface area contributed by atoms with Crippen molar-refractivity contribution in [3.8, 4) is 0 Å². The first kappa shape index (κ1) is 17.3. The van der Waals surface area contributed by atoms with Gasteiger partial charge in [0, 0.05) is 0 Å². The summed E-state index contributed by atoms with van der Waals surface area (Å²) in [4.78, 5) is 0. The predicted octanol–water partition coefficient (Wildman–Crippen LogP) is 4.10. The van der Waals surface area contributed by atoms with E-state index in [1.165, 1.54) is 0 Å². The van der Waals surface area contributed by atoms with E-state index in [1.807, 2.05) is 0 Å². The van der Waals surface area contributed by atoms with Crippen LogP contribution in [0.3, 0.4) is 0 Å². The minimum atomic E-state index is -3.81. The zero-order valence-corrected chi connectivity index (χ0v) is 17.5. The van der Waals surface area contributed by atoms with Crippen LogP contribution in [-0.2, 0) is 6.15 Å². The molecule has 14 heavy (non-hydrogen) atoms. The first-order valence-electron chi connectivity index (χ1n) is 3.50. The fourth-order valence-electron chi connectivity index (χ4n) is 0.613. The molecule has 0 aromatic carbocycles. The average molecular weight is 538 g/mol. The average Bonchev–Trinajstić information content (AvgIpc) is 1.78. The van der Waals surface area contributed by atoms with Gasteiger partial charge in [0.1, 0.15) is 0 Å². The Bertz CT molecular complexity index is 160. The topological polar surface area (TPSA) is 18.5 Å². The zero-order chi connectivity index (χ0) is 11.6. The van der Waals surface area contributed by atoms with Gasteiger partial charge < -0.3 is 0 Å². The Labute approximate surface area is 115 Å². The molecule has 0 amide bonds. The van der Waals surface area contributed by atoms with Gasteiger partial charge in [-0.15, -0.1) is 0 Å². The van der Waals surface area contributed by atoms with Crippen molar-refractivity contribution in [1.82, 2.24) is 0 Å². The summed E-state index contributed by atoms with van der Waals surface area (Å²) in [6, 6.07) is 0.